The van der Waals surface area contributed by atoms with Gasteiger partial charge in [0.2, 0.25) is 0 Å². The molecule has 0 bridgehead atoms. The van der Waals surface area contributed by atoms with Crippen LogP contribution in [-0.2, 0) is 19.1 Å². The Morgan fingerprint density at radius 2 is 1.29 bits per heavy atom. The lowest BCUT2D eigenvalue weighted by molar-refractivity contribution is -0.167. The molecule has 0 saturated heterocycles. The van der Waals surface area contributed by atoms with Crippen molar-refractivity contribution in [2.24, 2.45) is 11.3 Å². The highest BCUT2D eigenvalue weighted by Crippen LogP contribution is 2.28. The van der Waals surface area contributed by atoms with Gasteiger partial charge in [-0.3, -0.25) is 9.59 Å². The zero-order chi connectivity index (χ0) is 13.5. The predicted octanol–water partition coefficient (Wildman–Crippen LogP) is 2.56. The minimum atomic E-state index is -0.847. The van der Waals surface area contributed by atoms with Gasteiger partial charge in [0, 0.05) is 0 Å². The van der Waals surface area contributed by atoms with Crippen LogP contribution in [0.4, 0.5) is 0 Å². The third-order valence-corrected chi connectivity index (χ3v) is 2.23. The number of hydrogen-bond donors (Lipinski definition) is 0. The van der Waals surface area contributed by atoms with Gasteiger partial charge in [-0.15, -0.1) is 0 Å². The van der Waals surface area contributed by atoms with Crippen molar-refractivity contribution < 1.29 is 19.1 Å². The van der Waals surface area contributed by atoms with Crippen molar-refractivity contribution in [3.8, 4) is 0 Å². The average molecular weight is 244 g/mol. The second-order valence-corrected chi connectivity index (χ2v) is 5.13. The number of esters is 2. The molecule has 0 atom stereocenters. The van der Waals surface area contributed by atoms with Gasteiger partial charge in [-0.2, -0.15) is 0 Å². The van der Waals surface area contributed by atoms with Gasteiger partial charge in [-0.25, -0.2) is 0 Å². The Morgan fingerprint density at radius 1 is 0.941 bits per heavy atom. The van der Waals surface area contributed by atoms with Gasteiger partial charge in [0.05, 0.1) is 13.2 Å². The Bertz CT molecular complexity index is 233. The van der Waals surface area contributed by atoms with E-state index in [-0.39, 0.29) is 0 Å². The fraction of sp³-hybridized carbons (Fsp3) is 0.846. The number of hydrogen-bond acceptors (Lipinski definition) is 4. The predicted molar refractivity (Wildman–Crippen MR) is 65.4 cm³/mol. The summed E-state index contributed by atoms with van der Waals surface area (Å²) in [5, 5.41) is 0. The third kappa shape index (κ3) is 5.71. The maximum Gasteiger partial charge on any atom is 0.320 e. The summed E-state index contributed by atoms with van der Waals surface area (Å²) in [6, 6.07) is 0. The molecule has 0 aromatic rings. The van der Waals surface area contributed by atoms with Crippen LogP contribution >= 0.6 is 0 Å². The summed E-state index contributed by atoms with van der Waals surface area (Å²) in [5.41, 5.74) is -0.490. The van der Waals surface area contributed by atoms with Gasteiger partial charge in [0.25, 0.3) is 0 Å². The molecule has 0 aliphatic carbocycles. The first-order valence-corrected chi connectivity index (χ1v) is 6.17. The molecule has 0 fully saturated rings. The van der Waals surface area contributed by atoms with Gasteiger partial charge in [-0.05, 0) is 18.3 Å². The summed E-state index contributed by atoms with van der Waals surface area (Å²) in [7, 11) is 0. The molecule has 0 aromatic heterocycles. The smallest absolute Gasteiger partial charge is 0.320 e. The van der Waals surface area contributed by atoms with E-state index in [0.29, 0.717) is 13.2 Å². The van der Waals surface area contributed by atoms with E-state index in [1.54, 1.807) is 0 Å². The minimum Gasteiger partial charge on any atom is -0.465 e. The Labute approximate surface area is 104 Å². The topological polar surface area (TPSA) is 52.6 Å². The number of carbonyl (C=O) groups excluding carboxylic acids is 2. The van der Waals surface area contributed by atoms with Crippen LogP contribution < -0.4 is 0 Å². The second kappa shape index (κ2) is 7.30. The first-order chi connectivity index (χ1) is 7.84. The third-order valence-electron chi connectivity index (χ3n) is 2.23. The summed E-state index contributed by atoms with van der Waals surface area (Å²) in [6.45, 7) is 10.00. The average Bonchev–Trinajstić information content (AvgIpc) is 2.21. The molecule has 0 heterocycles. The van der Waals surface area contributed by atoms with Crippen LogP contribution in [0.3, 0.4) is 0 Å². The van der Waals surface area contributed by atoms with E-state index in [4.69, 9.17) is 9.47 Å². The van der Waals surface area contributed by atoms with E-state index in [9.17, 15) is 9.59 Å². The van der Waals surface area contributed by atoms with Gasteiger partial charge in [0.1, 0.15) is 0 Å². The zero-order valence-electron chi connectivity index (χ0n) is 11.5. The highest BCUT2D eigenvalue weighted by molar-refractivity contribution is 5.95. The van der Waals surface area contributed by atoms with Gasteiger partial charge < -0.3 is 9.47 Å². The lowest BCUT2D eigenvalue weighted by Gasteiger charge is -2.26. The molecular formula is C13H24O4. The van der Waals surface area contributed by atoms with Gasteiger partial charge in [-0.1, -0.05) is 34.6 Å². The molecule has 0 aromatic carbocycles. The van der Waals surface area contributed by atoms with Crippen molar-refractivity contribution in [3.05, 3.63) is 0 Å². The molecule has 100 valence electrons. The van der Waals surface area contributed by atoms with Crippen molar-refractivity contribution in [2.45, 2.75) is 47.5 Å². The molecule has 0 saturated carbocycles. The van der Waals surface area contributed by atoms with Crippen molar-refractivity contribution in [1.29, 1.82) is 0 Å². The van der Waals surface area contributed by atoms with Crippen molar-refractivity contribution in [1.82, 2.24) is 0 Å². The monoisotopic (exact) mass is 244 g/mol. The van der Waals surface area contributed by atoms with E-state index in [1.165, 1.54) is 0 Å². The van der Waals surface area contributed by atoms with Crippen molar-refractivity contribution >= 4 is 11.9 Å². The van der Waals surface area contributed by atoms with Crippen LogP contribution in [0, 0.1) is 11.3 Å². The lowest BCUT2D eigenvalue weighted by Crippen LogP contribution is -2.38. The van der Waals surface area contributed by atoms with Crippen LogP contribution in [0.15, 0.2) is 0 Å². The molecule has 0 N–H and O–H groups in total. The molecule has 17 heavy (non-hydrogen) atoms. The van der Waals surface area contributed by atoms with E-state index in [0.717, 1.165) is 12.8 Å². The molecule has 4 nitrogen and oxygen atoms in total. The molecule has 0 radical (unpaired) electrons. The summed E-state index contributed by atoms with van der Waals surface area (Å²) >= 11 is 0. The fourth-order valence-corrected chi connectivity index (χ4v) is 1.38. The summed E-state index contributed by atoms with van der Waals surface area (Å²) < 4.78 is 10.1. The molecule has 4 heteroatoms. The number of carbonyl (C=O) groups is 2. The molecule has 0 rings (SSSR count). The Hall–Kier alpha value is -1.06. The molecule has 0 aliphatic rings. The maximum atomic E-state index is 11.8. The quantitative estimate of drug-likeness (QED) is 0.532. The number of ether oxygens (including phenoxy) is 2. The number of rotatable bonds is 6. The maximum absolute atomic E-state index is 11.8. The molecule has 0 amide bonds. The summed E-state index contributed by atoms with van der Waals surface area (Å²) in [5.74, 6) is -1.82. The minimum absolute atomic E-state index is 0.340. The Balaban J connectivity index is 4.65. The fourth-order valence-electron chi connectivity index (χ4n) is 1.38. The van der Waals surface area contributed by atoms with Gasteiger partial charge in [0.15, 0.2) is 5.92 Å². The van der Waals surface area contributed by atoms with E-state index < -0.39 is 23.3 Å². The first kappa shape index (κ1) is 15.9. The SMILES string of the molecule is CCCOC(=O)C(C(=O)OCCC)C(C)(C)C. The summed E-state index contributed by atoms with van der Waals surface area (Å²) in [6.07, 6.45) is 1.49. The normalized spacial score (nSPS) is 11.4. The van der Waals surface area contributed by atoms with Gasteiger partial charge >= 0.3 is 11.9 Å². The highest BCUT2D eigenvalue weighted by Gasteiger charge is 2.40. The van der Waals surface area contributed by atoms with Crippen molar-refractivity contribution in [2.75, 3.05) is 13.2 Å². The van der Waals surface area contributed by atoms with Crippen LogP contribution in [0.5, 0.6) is 0 Å². The second-order valence-electron chi connectivity index (χ2n) is 5.13. The van der Waals surface area contributed by atoms with Crippen LogP contribution in [-0.4, -0.2) is 25.2 Å². The van der Waals surface area contributed by atoms with Crippen LogP contribution in [0.2, 0.25) is 0 Å². The van der Waals surface area contributed by atoms with E-state index in [1.807, 2.05) is 34.6 Å². The Morgan fingerprint density at radius 3 is 1.53 bits per heavy atom. The van der Waals surface area contributed by atoms with E-state index >= 15 is 0 Å². The van der Waals surface area contributed by atoms with E-state index in [2.05, 4.69) is 0 Å². The molecular weight excluding hydrogens is 220 g/mol. The largest absolute Gasteiger partial charge is 0.465 e. The van der Waals surface area contributed by atoms with Crippen LogP contribution in [0.1, 0.15) is 47.5 Å². The summed E-state index contributed by atoms with van der Waals surface area (Å²) in [4.78, 5) is 23.7. The molecule has 0 aliphatic heterocycles. The first-order valence-electron chi connectivity index (χ1n) is 6.17. The zero-order valence-corrected chi connectivity index (χ0v) is 11.5. The highest BCUT2D eigenvalue weighted by atomic mass is 16.6. The lowest BCUT2D eigenvalue weighted by atomic mass is 9.81. The Kier molecular flexibility index (Phi) is 6.85. The molecule has 0 unspecified atom stereocenters. The van der Waals surface area contributed by atoms with Crippen molar-refractivity contribution in [3.63, 3.8) is 0 Å². The standard InChI is InChI=1S/C13H24O4/c1-6-8-16-11(14)10(13(3,4)5)12(15)17-9-7-2/h10H,6-9H2,1-5H3. The molecule has 0 spiro atoms. The van der Waals surface area contributed by atoms with Crippen LogP contribution in [0.25, 0.3) is 0 Å².